The predicted molar refractivity (Wildman–Crippen MR) is 85.7 cm³/mol. The van der Waals surface area contributed by atoms with Crippen molar-refractivity contribution in [3.05, 3.63) is 22.4 Å². The molecule has 0 spiro atoms. The standard InChI is InChI=1S/C13H14N2O2S3/c1-8-2-3-10(20-8)9-6-19-12(14-9)15-11(16)13(17)4-5-18-7-13/h2-3,6,17H,4-5,7H2,1H3,(H,14,15,16). The molecule has 1 unspecified atom stereocenters. The third-order valence-electron chi connectivity index (χ3n) is 3.14. The van der Waals surface area contributed by atoms with Crippen molar-refractivity contribution in [3.8, 4) is 10.6 Å². The maximum Gasteiger partial charge on any atom is 0.259 e. The molecule has 106 valence electrons. The van der Waals surface area contributed by atoms with Gasteiger partial charge in [0.05, 0.1) is 10.6 Å². The van der Waals surface area contributed by atoms with Crippen LogP contribution in [-0.4, -0.2) is 33.1 Å². The van der Waals surface area contributed by atoms with E-state index >= 15 is 0 Å². The van der Waals surface area contributed by atoms with Crippen molar-refractivity contribution in [1.82, 2.24) is 4.98 Å². The average molecular weight is 326 g/mol. The molecule has 0 saturated carbocycles. The Balaban J connectivity index is 1.73. The topological polar surface area (TPSA) is 62.2 Å². The fraction of sp³-hybridized carbons (Fsp3) is 0.385. The van der Waals surface area contributed by atoms with Gasteiger partial charge >= 0.3 is 0 Å². The minimum absolute atomic E-state index is 0.342. The van der Waals surface area contributed by atoms with Crippen LogP contribution in [0.4, 0.5) is 5.13 Å². The van der Waals surface area contributed by atoms with Crippen LogP contribution in [0.3, 0.4) is 0 Å². The van der Waals surface area contributed by atoms with Crippen LogP contribution in [0.2, 0.25) is 0 Å². The number of hydrogen-bond donors (Lipinski definition) is 2. The lowest BCUT2D eigenvalue weighted by molar-refractivity contribution is -0.131. The first-order valence-corrected chi connectivity index (χ1v) is 9.06. The molecule has 1 aliphatic rings. The molecule has 3 heterocycles. The zero-order valence-electron chi connectivity index (χ0n) is 10.9. The second-order valence-electron chi connectivity index (χ2n) is 4.74. The summed E-state index contributed by atoms with van der Waals surface area (Å²) in [7, 11) is 0. The molecular formula is C13H14N2O2S3. The number of thiophene rings is 1. The number of aryl methyl sites for hydroxylation is 1. The van der Waals surface area contributed by atoms with Crippen LogP contribution < -0.4 is 5.32 Å². The summed E-state index contributed by atoms with van der Waals surface area (Å²) in [5, 5.41) is 15.4. The van der Waals surface area contributed by atoms with Gasteiger partial charge in [0.15, 0.2) is 10.7 Å². The fourth-order valence-electron chi connectivity index (χ4n) is 1.96. The molecule has 2 N–H and O–H groups in total. The van der Waals surface area contributed by atoms with Gasteiger partial charge in [-0.2, -0.15) is 11.8 Å². The van der Waals surface area contributed by atoms with E-state index in [1.54, 1.807) is 23.1 Å². The van der Waals surface area contributed by atoms with Crippen LogP contribution in [0.1, 0.15) is 11.3 Å². The maximum atomic E-state index is 12.1. The van der Waals surface area contributed by atoms with Crippen molar-refractivity contribution in [2.24, 2.45) is 0 Å². The Morgan fingerprint density at radius 2 is 2.35 bits per heavy atom. The molecule has 1 saturated heterocycles. The molecule has 1 amide bonds. The Morgan fingerprint density at radius 1 is 1.50 bits per heavy atom. The monoisotopic (exact) mass is 326 g/mol. The molecule has 0 bridgehead atoms. The first-order chi connectivity index (χ1) is 9.57. The number of carbonyl (C=O) groups is 1. The van der Waals surface area contributed by atoms with Gasteiger partial charge in [-0.15, -0.1) is 22.7 Å². The molecule has 1 aliphatic heterocycles. The summed E-state index contributed by atoms with van der Waals surface area (Å²) < 4.78 is 0. The zero-order valence-corrected chi connectivity index (χ0v) is 13.3. The molecule has 1 fully saturated rings. The molecule has 0 radical (unpaired) electrons. The van der Waals surface area contributed by atoms with E-state index in [1.165, 1.54) is 16.2 Å². The molecule has 2 aromatic heterocycles. The number of nitrogens with zero attached hydrogens (tertiary/aromatic N) is 1. The number of carbonyl (C=O) groups excluding carboxylic acids is 1. The highest BCUT2D eigenvalue weighted by molar-refractivity contribution is 7.99. The van der Waals surface area contributed by atoms with Crippen molar-refractivity contribution in [3.63, 3.8) is 0 Å². The predicted octanol–water partition coefficient (Wildman–Crippen LogP) is 2.99. The lowest BCUT2D eigenvalue weighted by atomic mass is 10.0. The van der Waals surface area contributed by atoms with E-state index in [1.807, 2.05) is 11.4 Å². The summed E-state index contributed by atoms with van der Waals surface area (Å²) in [6, 6.07) is 4.08. The van der Waals surface area contributed by atoms with Gasteiger partial charge in [0, 0.05) is 16.0 Å². The number of nitrogens with one attached hydrogen (secondary N) is 1. The van der Waals surface area contributed by atoms with Gasteiger partial charge in [-0.1, -0.05) is 0 Å². The molecule has 4 nitrogen and oxygen atoms in total. The highest BCUT2D eigenvalue weighted by Gasteiger charge is 2.39. The van der Waals surface area contributed by atoms with Crippen LogP contribution in [0.25, 0.3) is 10.6 Å². The number of thioether (sulfide) groups is 1. The fourth-order valence-corrected chi connectivity index (χ4v) is 4.81. The van der Waals surface area contributed by atoms with Gasteiger partial charge in [-0.3, -0.25) is 10.1 Å². The number of hydrogen-bond acceptors (Lipinski definition) is 6. The summed E-state index contributed by atoms with van der Waals surface area (Å²) in [4.78, 5) is 18.8. The molecular weight excluding hydrogens is 312 g/mol. The minimum atomic E-state index is -1.24. The summed E-state index contributed by atoms with van der Waals surface area (Å²) in [5.74, 6) is 0.939. The Bertz CT molecular complexity index is 629. The number of anilines is 1. The first kappa shape index (κ1) is 14.1. The second-order valence-corrected chi connectivity index (χ2v) is 7.99. The Labute approximate surface area is 129 Å². The van der Waals surface area contributed by atoms with E-state index in [0.29, 0.717) is 17.3 Å². The Hall–Kier alpha value is -0.890. The zero-order chi connectivity index (χ0) is 14.2. The van der Waals surface area contributed by atoms with Crippen molar-refractivity contribution >= 4 is 45.5 Å². The van der Waals surface area contributed by atoms with E-state index in [4.69, 9.17) is 0 Å². The maximum absolute atomic E-state index is 12.1. The summed E-state index contributed by atoms with van der Waals surface area (Å²) in [5.41, 5.74) is -0.369. The highest BCUT2D eigenvalue weighted by atomic mass is 32.2. The van der Waals surface area contributed by atoms with E-state index in [9.17, 15) is 9.90 Å². The van der Waals surface area contributed by atoms with Crippen molar-refractivity contribution < 1.29 is 9.90 Å². The largest absolute Gasteiger partial charge is 0.379 e. The Morgan fingerprint density at radius 3 is 3.00 bits per heavy atom. The number of aromatic nitrogens is 1. The van der Waals surface area contributed by atoms with Crippen molar-refractivity contribution in [1.29, 1.82) is 0 Å². The van der Waals surface area contributed by atoms with Gasteiger partial charge in [0.25, 0.3) is 5.91 Å². The molecule has 2 aromatic rings. The number of aliphatic hydroxyl groups is 1. The van der Waals surface area contributed by atoms with E-state index in [2.05, 4.69) is 23.3 Å². The number of thiazole rings is 1. The average Bonchev–Trinajstić information content (AvgIpc) is 3.11. The molecule has 0 aromatic carbocycles. The van der Waals surface area contributed by atoms with Crippen LogP contribution in [-0.2, 0) is 4.79 Å². The summed E-state index contributed by atoms with van der Waals surface area (Å²) in [6.07, 6.45) is 0.506. The normalized spacial score (nSPS) is 22.1. The van der Waals surface area contributed by atoms with E-state index in [0.717, 1.165) is 16.3 Å². The minimum Gasteiger partial charge on any atom is -0.379 e. The molecule has 7 heteroatoms. The van der Waals surface area contributed by atoms with Gasteiger partial charge in [0.1, 0.15) is 0 Å². The summed E-state index contributed by atoms with van der Waals surface area (Å²) in [6.45, 7) is 2.05. The lowest BCUT2D eigenvalue weighted by Crippen LogP contribution is -2.42. The highest BCUT2D eigenvalue weighted by Crippen LogP contribution is 2.32. The summed E-state index contributed by atoms with van der Waals surface area (Å²) >= 11 is 4.66. The molecule has 3 rings (SSSR count). The molecule has 20 heavy (non-hydrogen) atoms. The van der Waals surface area contributed by atoms with Gasteiger partial charge in [-0.05, 0) is 31.2 Å². The van der Waals surface area contributed by atoms with Crippen LogP contribution in [0.5, 0.6) is 0 Å². The SMILES string of the molecule is Cc1ccc(-c2csc(NC(=O)C3(O)CCSC3)n2)s1. The smallest absolute Gasteiger partial charge is 0.259 e. The first-order valence-electron chi connectivity index (χ1n) is 6.21. The van der Waals surface area contributed by atoms with E-state index in [-0.39, 0.29) is 5.91 Å². The quantitative estimate of drug-likeness (QED) is 0.910. The number of rotatable bonds is 3. The molecule has 1 atom stereocenters. The molecule has 0 aliphatic carbocycles. The second kappa shape index (κ2) is 5.48. The lowest BCUT2D eigenvalue weighted by Gasteiger charge is -2.18. The Kier molecular flexibility index (Phi) is 3.85. The third-order valence-corrected chi connectivity index (χ3v) is 6.10. The van der Waals surface area contributed by atoms with Crippen LogP contribution >= 0.6 is 34.4 Å². The van der Waals surface area contributed by atoms with Crippen LogP contribution in [0, 0.1) is 6.92 Å². The number of amides is 1. The van der Waals surface area contributed by atoms with Gasteiger partial charge in [0.2, 0.25) is 0 Å². The van der Waals surface area contributed by atoms with E-state index < -0.39 is 5.60 Å². The van der Waals surface area contributed by atoms with Gasteiger partial charge in [-0.25, -0.2) is 4.98 Å². The third kappa shape index (κ3) is 2.76. The van der Waals surface area contributed by atoms with Gasteiger partial charge < -0.3 is 5.11 Å². The van der Waals surface area contributed by atoms with Crippen LogP contribution in [0.15, 0.2) is 17.5 Å². The van der Waals surface area contributed by atoms with Crippen molar-refractivity contribution in [2.45, 2.75) is 18.9 Å². The van der Waals surface area contributed by atoms with Crippen molar-refractivity contribution in [2.75, 3.05) is 16.8 Å².